The zero-order chi connectivity index (χ0) is 19.2. The zero-order valence-electron chi connectivity index (χ0n) is 15.2. The first-order valence-electron chi connectivity index (χ1n) is 8.60. The summed E-state index contributed by atoms with van der Waals surface area (Å²) in [5.74, 6) is -0.591. The summed E-state index contributed by atoms with van der Waals surface area (Å²) in [6, 6.07) is 12.4. The number of carbonyl (C=O) groups is 1. The average molecular weight is 364 g/mol. The SMILES string of the molecule is CCOC(=O)c1nn(-c2ccc(C)cc2)c(=O)cc1NCc1cccnc1. The van der Waals surface area contributed by atoms with E-state index in [1.54, 1.807) is 31.5 Å². The van der Waals surface area contributed by atoms with Crippen LogP contribution in [-0.4, -0.2) is 27.3 Å². The largest absolute Gasteiger partial charge is 0.461 e. The Bertz CT molecular complexity index is 982. The van der Waals surface area contributed by atoms with Gasteiger partial charge in [0.05, 0.1) is 18.0 Å². The third kappa shape index (κ3) is 4.38. The Morgan fingerprint density at radius 2 is 2.00 bits per heavy atom. The molecule has 0 aliphatic rings. The standard InChI is InChI=1S/C20H20N4O3/c1-3-27-20(26)19-17(22-13-15-5-4-10-21-12-15)11-18(25)24(23-19)16-8-6-14(2)7-9-16/h4-12,22H,3,13H2,1-2H3. The summed E-state index contributed by atoms with van der Waals surface area (Å²) in [6.45, 7) is 4.29. The predicted molar refractivity (Wildman–Crippen MR) is 102 cm³/mol. The molecule has 138 valence electrons. The maximum Gasteiger partial charge on any atom is 0.360 e. The maximum absolute atomic E-state index is 12.6. The Balaban J connectivity index is 1.99. The van der Waals surface area contributed by atoms with Gasteiger partial charge in [-0.05, 0) is 37.6 Å². The first-order valence-corrected chi connectivity index (χ1v) is 8.60. The Kier molecular flexibility index (Phi) is 5.61. The molecule has 0 unspecified atom stereocenters. The van der Waals surface area contributed by atoms with Gasteiger partial charge in [0.2, 0.25) is 0 Å². The van der Waals surface area contributed by atoms with Crippen LogP contribution in [0.2, 0.25) is 0 Å². The molecule has 0 atom stereocenters. The first-order chi connectivity index (χ1) is 13.1. The third-order valence-corrected chi connectivity index (χ3v) is 3.88. The molecule has 0 fully saturated rings. The van der Waals surface area contributed by atoms with Gasteiger partial charge in [0.15, 0.2) is 5.69 Å². The molecule has 2 heterocycles. The summed E-state index contributed by atoms with van der Waals surface area (Å²) < 4.78 is 6.30. The topological polar surface area (TPSA) is 86.1 Å². The van der Waals surface area contributed by atoms with E-state index in [1.165, 1.54) is 10.7 Å². The fourth-order valence-corrected chi connectivity index (χ4v) is 2.51. The minimum atomic E-state index is -0.591. The van der Waals surface area contributed by atoms with Crippen molar-refractivity contribution in [3.05, 3.63) is 82.0 Å². The number of nitrogens with one attached hydrogen (secondary N) is 1. The van der Waals surface area contributed by atoms with Crippen molar-refractivity contribution in [2.45, 2.75) is 20.4 Å². The van der Waals surface area contributed by atoms with Gasteiger partial charge in [-0.3, -0.25) is 9.78 Å². The van der Waals surface area contributed by atoms with Crippen molar-refractivity contribution < 1.29 is 9.53 Å². The lowest BCUT2D eigenvalue weighted by Crippen LogP contribution is -2.26. The number of nitrogens with zero attached hydrogens (tertiary/aromatic N) is 3. The molecule has 0 radical (unpaired) electrons. The molecular formula is C20H20N4O3. The van der Waals surface area contributed by atoms with E-state index < -0.39 is 5.97 Å². The van der Waals surface area contributed by atoms with Gasteiger partial charge in [0.25, 0.3) is 5.56 Å². The van der Waals surface area contributed by atoms with Crippen LogP contribution in [0.15, 0.2) is 59.7 Å². The molecule has 3 aromatic rings. The smallest absolute Gasteiger partial charge is 0.360 e. The minimum Gasteiger partial charge on any atom is -0.461 e. The van der Waals surface area contributed by atoms with Crippen molar-refractivity contribution in [2.24, 2.45) is 0 Å². The summed E-state index contributed by atoms with van der Waals surface area (Å²) in [4.78, 5) is 29.0. The van der Waals surface area contributed by atoms with Crippen molar-refractivity contribution in [1.29, 1.82) is 0 Å². The summed E-state index contributed by atoms with van der Waals surface area (Å²) in [7, 11) is 0. The Hall–Kier alpha value is -3.48. The van der Waals surface area contributed by atoms with Crippen LogP contribution in [0.5, 0.6) is 0 Å². The third-order valence-electron chi connectivity index (χ3n) is 3.88. The van der Waals surface area contributed by atoms with E-state index >= 15 is 0 Å². The van der Waals surface area contributed by atoms with Gasteiger partial charge in [0, 0.05) is 25.0 Å². The molecular weight excluding hydrogens is 344 g/mol. The van der Waals surface area contributed by atoms with E-state index in [9.17, 15) is 9.59 Å². The molecule has 27 heavy (non-hydrogen) atoms. The molecule has 0 aliphatic heterocycles. The van der Waals surface area contributed by atoms with Gasteiger partial charge in [0.1, 0.15) is 0 Å². The molecule has 1 N–H and O–H groups in total. The summed E-state index contributed by atoms with van der Waals surface area (Å²) in [5.41, 5.74) is 2.59. The zero-order valence-corrected chi connectivity index (χ0v) is 15.2. The molecule has 0 saturated carbocycles. The van der Waals surface area contributed by atoms with Crippen LogP contribution in [0, 0.1) is 6.92 Å². The van der Waals surface area contributed by atoms with Crippen molar-refractivity contribution in [1.82, 2.24) is 14.8 Å². The van der Waals surface area contributed by atoms with Crippen LogP contribution in [0.3, 0.4) is 0 Å². The van der Waals surface area contributed by atoms with Gasteiger partial charge in [-0.2, -0.15) is 9.78 Å². The fourth-order valence-electron chi connectivity index (χ4n) is 2.51. The van der Waals surface area contributed by atoms with E-state index in [1.807, 2.05) is 31.2 Å². The summed E-state index contributed by atoms with van der Waals surface area (Å²) >= 11 is 0. The monoisotopic (exact) mass is 364 g/mol. The van der Waals surface area contributed by atoms with E-state index in [0.717, 1.165) is 11.1 Å². The maximum atomic E-state index is 12.6. The molecule has 7 heteroatoms. The van der Waals surface area contributed by atoms with Crippen molar-refractivity contribution in [3.8, 4) is 5.69 Å². The van der Waals surface area contributed by atoms with Crippen molar-refractivity contribution in [3.63, 3.8) is 0 Å². The minimum absolute atomic E-state index is 0.0564. The fraction of sp³-hybridized carbons (Fsp3) is 0.200. The van der Waals surface area contributed by atoms with Gasteiger partial charge < -0.3 is 10.1 Å². The number of esters is 1. The van der Waals surface area contributed by atoms with E-state index in [0.29, 0.717) is 17.9 Å². The number of ether oxygens (including phenoxy) is 1. The number of aryl methyl sites for hydroxylation is 1. The first kappa shape index (κ1) is 18.3. The molecule has 0 amide bonds. The number of benzene rings is 1. The van der Waals surface area contributed by atoms with Gasteiger partial charge >= 0.3 is 5.97 Å². The lowest BCUT2D eigenvalue weighted by molar-refractivity contribution is 0.0518. The second-order valence-corrected chi connectivity index (χ2v) is 5.93. The Morgan fingerprint density at radius 3 is 2.67 bits per heavy atom. The normalized spacial score (nSPS) is 10.4. The van der Waals surface area contributed by atoms with Crippen LogP contribution in [0.4, 0.5) is 5.69 Å². The van der Waals surface area contributed by atoms with E-state index in [-0.39, 0.29) is 17.9 Å². The average Bonchev–Trinajstić information content (AvgIpc) is 2.68. The molecule has 0 aliphatic carbocycles. The van der Waals surface area contributed by atoms with Gasteiger partial charge in [-0.15, -0.1) is 0 Å². The molecule has 7 nitrogen and oxygen atoms in total. The van der Waals surface area contributed by atoms with Crippen LogP contribution in [0.25, 0.3) is 5.69 Å². The van der Waals surface area contributed by atoms with E-state index in [2.05, 4.69) is 15.4 Å². The number of aromatic nitrogens is 3. The van der Waals surface area contributed by atoms with Crippen molar-refractivity contribution >= 4 is 11.7 Å². The quantitative estimate of drug-likeness (QED) is 0.677. The number of hydrogen-bond donors (Lipinski definition) is 1. The van der Waals surface area contributed by atoms with Crippen molar-refractivity contribution in [2.75, 3.05) is 11.9 Å². The summed E-state index contributed by atoms with van der Waals surface area (Å²) in [6.07, 6.45) is 3.38. The second kappa shape index (κ2) is 8.27. The molecule has 2 aromatic heterocycles. The molecule has 0 bridgehead atoms. The summed E-state index contributed by atoms with van der Waals surface area (Å²) in [5, 5.41) is 7.34. The van der Waals surface area contributed by atoms with Crippen LogP contribution < -0.4 is 10.9 Å². The van der Waals surface area contributed by atoms with Crippen LogP contribution >= 0.6 is 0 Å². The highest BCUT2D eigenvalue weighted by Gasteiger charge is 2.18. The predicted octanol–water partition coefficient (Wildman–Crippen LogP) is 2.72. The number of hydrogen-bond acceptors (Lipinski definition) is 6. The number of anilines is 1. The molecule has 3 rings (SSSR count). The number of pyridine rings is 1. The van der Waals surface area contributed by atoms with Crippen LogP contribution in [-0.2, 0) is 11.3 Å². The highest BCUT2D eigenvalue weighted by atomic mass is 16.5. The number of carbonyl (C=O) groups excluding carboxylic acids is 1. The Morgan fingerprint density at radius 1 is 1.22 bits per heavy atom. The highest BCUT2D eigenvalue weighted by Crippen LogP contribution is 2.15. The number of rotatable bonds is 6. The lowest BCUT2D eigenvalue weighted by atomic mass is 10.2. The van der Waals surface area contributed by atoms with E-state index in [4.69, 9.17) is 4.74 Å². The Labute approximate surface area is 156 Å². The second-order valence-electron chi connectivity index (χ2n) is 5.93. The van der Waals surface area contributed by atoms with Gasteiger partial charge in [-0.1, -0.05) is 23.8 Å². The molecule has 0 spiro atoms. The lowest BCUT2D eigenvalue weighted by Gasteiger charge is -2.13. The molecule has 0 saturated heterocycles. The van der Waals surface area contributed by atoms with Gasteiger partial charge in [-0.25, -0.2) is 4.79 Å². The highest BCUT2D eigenvalue weighted by molar-refractivity contribution is 5.93. The molecule has 1 aromatic carbocycles. The van der Waals surface area contributed by atoms with Crippen LogP contribution in [0.1, 0.15) is 28.5 Å².